The monoisotopic (exact) mass is 246 g/mol. The maximum atomic E-state index is 12.4. The van der Waals surface area contributed by atoms with Crippen molar-refractivity contribution in [3.05, 3.63) is 0 Å². The van der Waals surface area contributed by atoms with Gasteiger partial charge in [-0.25, -0.2) is 0 Å². The molecule has 1 unspecified atom stereocenters. The molecule has 0 aromatic carbocycles. The summed E-state index contributed by atoms with van der Waals surface area (Å²) in [6.45, 7) is 4.18. The summed E-state index contributed by atoms with van der Waals surface area (Å²) >= 11 is 0. The van der Waals surface area contributed by atoms with E-state index in [1.807, 2.05) is 11.9 Å². The van der Waals surface area contributed by atoms with Crippen LogP contribution in [0.15, 0.2) is 0 Å². The molecule has 1 N–H and O–H groups in total. The lowest BCUT2D eigenvalue weighted by Gasteiger charge is -2.43. The van der Waals surface area contributed by atoms with Gasteiger partial charge in [0.25, 0.3) is 0 Å². The Kier molecular flexibility index (Phi) is 4.62. The highest BCUT2D eigenvalue weighted by Gasteiger charge is 2.45. The van der Waals surface area contributed by atoms with E-state index in [0.717, 1.165) is 38.8 Å². The van der Waals surface area contributed by atoms with Crippen LogP contribution < -0.4 is 5.32 Å². The molecule has 94 valence electrons. The highest BCUT2D eigenvalue weighted by atomic mass is 35.5. The van der Waals surface area contributed by atoms with Gasteiger partial charge >= 0.3 is 0 Å². The normalized spacial score (nSPS) is 26.8. The quantitative estimate of drug-likeness (QED) is 0.824. The molecule has 16 heavy (non-hydrogen) atoms. The Morgan fingerprint density at radius 2 is 2.19 bits per heavy atom. The van der Waals surface area contributed by atoms with Gasteiger partial charge in [-0.3, -0.25) is 4.79 Å². The zero-order valence-corrected chi connectivity index (χ0v) is 11.1. The number of nitrogens with one attached hydrogen (secondary N) is 1. The summed E-state index contributed by atoms with van der Waals surface area (Å²) in [5, 5.41) is 3.32. The van der Waals surface area contributed by atoms with Crippen molar-refractivity contribution in [2.45, 2.75) is 45.1 Å². The minimum atomic E-state index is 0. The molecule has 1 aliphatic heterocycles. The van der Waals surface area contributed by atoms with Gasteiger partial charge < -0.3 is 10.2 Å². The summed E-state index contributed by atoms with van der Waals surface area (Å²) in [5.74, 6) is 0.393. The number of carbonyl (C=O) groups excluding carboxylic acids is 1. The molecule has 1 saturated heterocycles. The first-order valence-corrected chi connectivity index (χ1v) is 6.17. The SMILES string of the molecule is CCC1(C(=O)N(C)C2CCNC2)CCC1.Cl. The van der Waals surface area contributed by atoms with E-state index in [2.05, 4.69) is 12.2 Å². The molecule has 3 nitrogen and oxygen atoms in total. The molecule has 2 fully saturated rings. The summed E-state index contributed by atoms with van der Waals surface area (Å²) in [6, 6.07) is 0.432. The number of hydrogen-bond donors (Lipinski definition) is 1. The number of amides is 1. The molecule has 0 bridgehead atoms. The molecule has 1 amide bonds. The first kappa shape index (κ1) is 13.8. The minimum Gasteiger partial charge on any atom is -0.341 e. The molecular formula is C12H23ClN2O. The topological polar surface area (TPSA) is 32.3 Å². The molecule has 4 heteroatoms. The standard InChI is InChI=1S/C12H22N2O.ClH/c1-3-12(6-4-7-12)11(15)14(2)10-5-8-13-9-10;/h10,13H,3-9H2,1-2H3;1H. The summed E-state index contributed by atoms with van der Waals surface area (Å²) < 4.78 is 0. The minimum absolute atomic E-state index is 0. The number of nitrogens with zero attached hydrogens (tertiary/aromatic N) is 1. The lowest BCUT2D eigenvalue weighted by Crippen LogP contribution is -2.50. The molecule has 0 spiro atoms. The van der Waals surface area contributed by atoms with Gasteiger partial charge in [-0.15, -0.1) is 12.4 Å². The first-order chi connectivity index (χ1) is 7.19. The Bertz CT molecular complexity index is 242. The van der Waals surface area contributed by atoms with E-state index in [0.29, 0.717) is 11.9 Å². The summed E-state index contributed by atoms with van der Waals surface area (Å²) in [4.78, 5) is 14.4. The maximum absolute atomic E-state index is 12.4. The van der Waals surface area contributed by atoms with Crippen molar-refractivity contribution in [1.82, 2.24) is 10.2 Å². The van der Waals surface area contributed by atoms with Crippen LogP contribution in [0.3, 0.4) is 0 Å². The van der Waals surface area contributed by atoms with Gasteiger partial charge in [0.2, 0.25) is 5.91 Å². The van der Waals surface area contributed by atoms with Crippen LogP contribution >= 0.6 is 12.4 Å². The van der Waals surface area contributed by atoms with Gasteiger partial charge in [-0.05, 0) is 32.2 Å². The van der Waals surface area contributed by atoms with Crippen molar-refractivity contribution in [2.75, 3.05) is 20.1 Å². The third-order valence-corrected chi connectivity index (χ3v) is 4.34. The molecular weight excluding hydrogens is 224 g/mol. The molecule has 2 aliphatic rings. The van der Waals surface area contributed by atoms with E-state index in [9.17, 15) is 4.79 Å². The van der Waals surface area contributed by atoms with Crippen molar-refractivity contribution >= 4 is 18.3 Å². The average molecular weight is 247 g/mol. The van der Waals surface area contributed by atoms with Crippen LogP contribution in [-0.2, 0) is 4.79 Å². The fourth-order valence-corrected chi connectivity index (χ4v) is 2.83. The van der Waals surface area contributed by atoms with Crippen LogP contribution in [0.4, 0.5) is 0 Å². The zero-order valence-electron chi connectivity index (χ0n) is 10.3. The lowest BCUT2D eigenvalue weighted by atomic mass is 9.66. The summed E-state index contributed by atoms with van der Waals surface area (Å²) in [6.07, 6.45) is 5.56. The smallest absolute Gasteiger partial charge is 0.228 e. The second-order valence-corrected chi connectivity index (χ2v) is 5.05. The van der Waals surface area contributed by atoms with E-state index in [-0.39, 0.29) is 17.8 Å². The van der Waals surface area contributed by atoms with Crippen LogP contribution in [0.1, 0.15) is 39.0 Å². The predicted molar refractivity (Wildman–Crippen MR) is 67.9 cm³/mol. The van der Waals surface area contributed by atoms with Gasteiger partial charge in [-0.2, -0.15) is 0 Å². The largest absolute Gasteiger partial charge is 0.341 e. The van der Waals surface area contributed by atoms with Crippen LogP contribution in [-0.4, -0.2) is 37.0 Å². The highest BCUT2D eigenvalue weighted by Crippen LogP contribution is 2.45. The summed E-state index contributed by atoms with van der Waals surface area (Å²) in [5.41, 5.74) is 0.0112. The van der Waals surface area contributed by atoms with Crippen LogP contribution in [0.2, 0.25) is 0 Å². The fourth-order valence-electron chi connectivity index (χ4n) is 2.83. The Morgan fingerprint density at radius 1 is 1.50 bits per heavy atom. The number of carbonyl (C=O) groups is 1. The van der Waals surface area contributed by atoms with Crippen LogP contribution in [0.5, 0.6) is 0 Å². The highest BCUT2D eigenvalue weighted by molar-refractivity contribution is 5.85. The van der Waals surface area contributed by atoms with Gasteiger partial charge in [0.05, 0.1) is 0 Å². The second kappa shape index (κ2) is 5.37. The number of halogens is 1. The zero-order chi connectivity index (χ0) is 10.9. The Balaban J connectivity index is 0.00000128. The van der Waals surface area contributed by atoms with Crippen molar-refractivity contribution in [2.24, 2.45) is 5.41 Å². The molecule has 0 radical (unpaired) electrons. The van der Waals surface area contributed by atoms with Crippen LogP contribution in [0, 0.1) is 5.41 Å². The molecule has 1 atom stereocenters. The first-order valence-electron chi connectivity index (χ1n) is 6.17. The van der Waals surface area contributed by atoms with Crippen molar-refractivity contribution in [3.63, 3.8) is 0 Å². The number of rotatable bonds is 3. The van der Waals surface area contributed by atoms with Crippen LogP contribution in [0.25, 0.3) is 0 Å². The second-order valence-electron chi connectivity index (χ2n) is 5.05. The van der Waals surface area contributed by atoms with E-state index < -0.39 is 0 Å². The molecule has 0 aromatic heterocycles. The third kappa shape index (κ3) is 2.21. The van der Waals surface area contributed by atoms with Gasteiger partial charge in [0.15, 0.2) is 0 Å². The Labute approximate surface area is 104 Å². The average Bonchev–Trinajstić information content (AvgIpc) is 2.68. The molecule has 1 heterocycles. The van der Waals surface area contributed by atoms with Crippen molar-refractivity contribution in [3.8, 4) is 0 Å². The van der Waals surface area contributed by atoms with E-state index >= 15 is 0 Å². The molecule has 1 saturated carbocycles. The maximum Gasteiger partial charge on any atom is 0.228 e. The summed E-state index contributed by atoms with van der Waals surface area (Å²) in [7, 11) is 1.98. The third-order valence-electron chi connectivity index (χ3n) is 4.34. The van der Waals surface area contributed by atoms with Crippen molar-refractivity contribution in [1.29, 1.82) is 0 Å². The molecule has 2 rings (SSSR count). The van der Waals surface area contributed by atoms with E-state index in [4.69, 9.17) is 0 Å². The molecule has 1 aliphatic carbocycles. The number of likely N-dealkylation sites (N-methyl/N-ethyl adjacent to an activating group) is 1. The fraction of sp³-hybridized carbons (Fsp3) is 0.917. The predicted octanol–water partition coefficient (Wildman–Crippen LogP) is 1.81. The van der Waals surface area contributed by atoms with Crippen molar-refractivity contribution < 1.29 is 4.79 Å². The van der Waals surface area contributed by atoms with Gasteiger partial charge in [0, 0.05) is 25.0 Å². The van der Waals surface area contributed by atoms with E-state index in [1.54, 1.807) is 0 Å². The Hall–Kier alpha value is -0.280. The lowest BCUT2D eigenvalue weighted by molar-refractivity contribution is -0.148. The molecule has 0 aromatic rings. The van der Waals surface area contributed by atoms with Gasteiger partial charge in [0.1, 0.15) is 0 Å². The van der Waals surface area contributed by atoms with E-state index in [1.165, 1.54) is 6.42 Å². The Morgan fingerprint density at radius 3 is 2.56 bits per heavy atom. The van der Waals surface area contributed by atoms with Gasteiger partial charge in [-0.1, -0.05) is 13.3 Å². The number of hydrogen-bond acceptors (Lipinski definition) is 2.